The molecule has 1 rings (SSSR count). The number of epoxide rings is 1. The summed E-state index contributed by atoms with van der Waals surface area (Å²) in [6.07, 6.45) is 0. The van der Waals surface area contributed by atoms with Crippen molar-refractivity contribution in [3.8, 4) is 0 Å². The number of hydrogen-bond acceptors (Lipinski definition) is 1. The van der Waals surface area contributed by atoms with Gasteiger partial charge in [0.2, 0.25) is 0 Å². The van der Waals surface area contributed by atoms with Gasteiger partial charge < -0.3 is 4.74 Å². The van der Waals surface area contributed by atoms with Gasteiger partial charge in [-0.25, -0.2) is 0 Å². The summed E-state index contributed by atoms with van der Waals surface area (Å²) in [5.41, 5.74) is 0.394. The van der Waals surface area contributed by atoms with E-state index in [1.807, 2.05) is 0 Å². The molecule has 0 N–H and O–H groups in total. The molecule has 0 radical (unpaired) electrons. The first-order chi connectivity index (χ1) is 5.15. The summed E-state index contributed by atoms with van der Waals surface area (Å²) >= 11 is 0. The monoisotopic (exact) mass is 170 g/mol. The second-order valence-corrected chi connectivity index (χ2v) is 5.65. The van der Waals surface area contributed by atoms with Gasteiger partial charge in [0, 0.05) is 0 Å². The minimum atomic E-state index is 0.0637. The summed E-state index contributed by atoms with van der Waals surface area (Å²) < 4.78 is 5.92. The van der Waals surface area contributed by atoms with Crippen molar-refractivity contribution in [2.45, 2.75) is 59.7 Å². The number of hydrogen-bond donors (Lipinski definition) is 0. The summed E-state index contributed by atoms with van der Waals surface area (Å²) in [7, 11) is 0. The zero-order valence-corrected chi connectivity index (χ0v) is 9.49. The Morgan fingerprint density at radius 1 is 1.08 bits per heavy atom. The van der Waals surface area contributed by atoms with E-state index < -0.39 is 0 Å². The molecule has 1 nitrogen and oxygen atoms in total. The van der Waals surface area contributed by atoms with Crippen LogP contribution in [0.4, 0.5) is 0 Å². The molecular formula is C11H22O. The molecule has 1 heteroatoms. The fourth-order valence-corrected chi connectivity index (χ4v) is 1.96. The maximum absolute atomic E-state index is 5.92. The summed E-state index contributed by atoms with van der Waals surface area (Å²) in [6.45, 7) is 15.7. The maximum Gasteiger partial charge on any atom is 0.0999 e. The molecule has 2 atom stereocenters. The van der Waals surface area contributed by atoms with Gasteiger partial charge in [-0.05, 0) is 25.2 Å². The van der Waals surface area contributed by atoms with Crippen LogP contribution in [0.15, 0.2) is 0 Å². The van der Waals surface area contributed by atoms with Gasteiger partial charge in [0.05, 0.1) is 11.2 Å². The van der Waals surface area contributed by atoms with Gasteiger partial charge in [-0.2, -0.15) is 0 Å². The Kier molecular flexibility index (Phi) is 1.89. The Hall–Kier alpha value is -0.0400. The molecule has 12 heavy (non-hydrogen) atoms. The van der Waals surface area contributed by atoms with Crippen molar-refractivity contribution >= 4 is 0 Å². The molecular weight excluding hydrogens is 148 g/mol. The molecule has 0 aliphatic carbocycles. The topological polar surface area (TPSA) is 12.5 Å². The van der Waals surface area contributed by atoms with Gasteiger partial charge in [0.15, 0.2) is 0 Å². The maximum atomic E-state index is 5.92. The molecule has 0 bridgehead atoms. The lowest BCUT2D eigenvalue weighted by Crippen LogP contribution is -2.36. The Bertz CT molecular complexity index is 190. The third kappa shape index (κ3) is 1.02. The zero-order chi connectivity index (χ0) is 9.78. The van der Waals surface area contributed by atoms with Crippen molar-refractivity contribution < 1.29 is 4.74 Å². The van der Waals surface area contributed by atoms with Crippen LogP contribution in [0.3, 0.4) is 0 Å². The minimum absolute atomic E-state index is 0.0637. The highest BCUT2D eigenvalue weighted by molar-refractivity contribution is 5.17. The molecule has 0 unspecified atom stereocenters. The molecule has 1 fully saturated rings. The molecule has 0 spiro atoms. The molecule has 0 aromatic rings. The first kappa shape index (κ1) is 10.0. The highest BCUT2D eigenvalue weighted by Crippen LogP contribution is 2.60. The van der Waals surface area contributed by atoms with Crippen LogP contribution in [0.5, 0.6) is 0 Å². The number of rotatable bonds is 1. The van der Waals surface area contributed by atoms with Crippen LogP contribution in [0.2, 0.25) is 0 Å². The van der Waals surface area contributed by atoms with Crippen LogP contribution in [0.25, 0.3) is 0 Å². The summed E-state index contributed by atoms with van der Waals surface area (Å²) in [5.74, 6) is 0.599. The van der Waals surface area contributed by atoms with E-state index in [9.17, 15) is 0 Å². The van der Waals surface area contributed by atoms with Crippen LogP contribution < -0.4 is 0 Å². The molecule has 0 amide bonds. The lowest BCUT2D eigenvalue weighted by atomic mass is 9.71. The molecule has 0 aromatic heterocycles. The first-order valence-corrected chi connectivity index (χ1v) is 4.85. The van der Waals surface area contributed by atoms with E-state index in [0.717, 1.165) is 0 Å². The normalized spacial score (nSPS) is 42.0. The smallest absolute Gasteiger partial charge is 0.0999 e. The highest BCUT2D eigenvalue weighted by atomic mass is 16.6. The van der Waals surface area contributed by atoms with E-state index in [-0.39, 0.29) is 16.6 Å². The quantitative estimate of drug-likeness (QED) is 0.550. The fraction of sp³-hybridized carbons (Fsp3) is 1.00. The van der Waals surface area contributed by atoms with E-state index in [0.29, 0.717) is 5.92 Å². The zero-order valence-electron chi connectivity index (χ0n) is 9.49. The average molecular weight is 170 g/mol. The standard InChI is InChI=1S/C11H22O/c1-8(2)10(6)11(7,12-10)9(3,4)5/h8H,1-7H3/t10-,11+/m1/s1. The third-order valence-corrected chi connectivity index (χ3v) is 3.85. The lowest BCUT2D eigenvalue weighted by Gasteiger charge is -2.28. The Balaban J connectivity index is 2.84. The molecule has 0 saturated carbocycles. The van der Waals surface area contributed by atoms with E-state index in [4.69, 9.17) is 4.74 Å². The molecule has 1 aliphatic rings. The van der Waals surface area contributed by atoms with Crippen molar-refractivity contribution in [1.82, 2.24) is 0 Å². The van der Waals surface area contributed by atoms with Crippen molar-refractivity contribution in [2.24, 2.45) is 11.3 Å². The van der Waals surface area contributed by atoms with Gasteiger partial charge in [0.25, 0.3) is 0 Å². The van der Waals surface area contributed by atoms with Gasteiger partial charge in [-0.15, -0.1) is 0 Å². The first-order valence-electron chi connectivity index (χ1n) is 4.85. The Labute approximate surface area is 76.5 Å². The molecule has 72 valence electrons. The Morgan fingerprint density at radius 3 is 1.58 bits per heavy atom. The summed E-state index contributed by atoms with van der Waals surface area (Å²) in [6, 6.07) is 0. The van der Waals surface area contributed by atoms with Crippen molar-refractivity contribution in [2.75, 3.05) is 0 Å². The van der Waals surface area contributed by atoms with Gasteiger partial charge in [-0.3, -0.25) is 0 Å². The van der Waals surface area contributed by atoms with Crippen LogP contribution in [-0.2, 0) is 4.74 Å². The third-order valence-electron chi connectivity index (χ3n) is 3.85. The minimum Gasteiger partial charge on any atom is -0.362 e. The van der Waals surface area contributed by atoms with Crippen LogP contribution in [0, 0.1) is 11.3 Å². The van der Waals surface area contributed by atoms with E-state index >= 15 is 0 Å². The van der Waals surface area contributed by atoms with Crippen LogP contribution >= 0.6 is 0 Å². The number of ether oxygens (including phenoxy) is 1. The lowest BCUT2D eigenvalue weighted by molar-refractivity contribution is 0.169. The van der Waals surface area contributed by atoms with Gasteiger partial charge >= 0.3 is 0 Å². The van der Waals surface area contributed by atoms with E-state index in [1.54, 1.807) is 0 Å². The second kappa shape index (κ2) is 2.25. The van der Waals surface area contributed by atoms with Crippen LogP contribution in [0.1, 0.15) is 48.5 Å². The largest absolute Gasteiger partial charge is 0.362 e. The summed E-state index contributed by atoms with van der Waals surface area (Å²) in [5, 5.41) is 0. The van der Waals surface area contributed by atoms with Crippen molar-refractivity contribution in [1.29, 1.82) is 0 Å². The molecule has 1 aliphatic heterocycles. The van der Waals surface area contributed by atoms with Gasteiger partial charge in [0.1, 0.15) is 0 Å². The molecule has 0 aromatic carbocycles. The average Bonchev–Trinajstić information content (AvgIpc) is 2.37. The van der Waals surface area contributed by atoms with E-state index in [2.05, 4.69) is 48.5 Å². The fourth-order valence-electron chi connectivity index (χ4n) is 1.96. The second-order valence-electron chi connectivity index (χ2n) is 5.65. The van der Waals surface area contributed by atoms with Crippen LogP contribution in [-0.4, -0.2) is 11.2 Å². The van der Waals surface area contributed by atoms with Gasteiger partial charge in [-0.1, -0.05) is 34.6 Å². The molecule has 1 saturated heterocycles. The summed E-state index contributed by atoms with van der Waals surface area (Å²) in [4.78, 5) is 0. The van der Waals surface area contributed by atoms with Crippen molar-refractivity contribution in [3.05, 3.63) is 0 Å². The van der Waals surface area contributed by atoms with E-state index in [1.165, 1.54) is 0 Å². The predicted octanol–water partition coefficient (Wildman–Crippen LogP) is 3.24. The molecule has 1 heterocycles. The Morgan fingerprint density at radius 2 is 1.50 bits per heavy atom. The SMILES string of the molecule is CC(C)[C@@]1(C)O[C@@]1(C)C(C)(C)C. The van der Waals surface area contributed by atoms with Crippen molar-refractivity contribution in [3.63, 3.8) is 0 Å². The highest BCUT2D eigenvalue weighted by Gasteiger charge is 2.69. The predicted molar refractivity (Wildman–Crippen MR) is 52.2 cm³/mol.